The first-order valence-corrected chi connectivity index (χ1v) is 13.7. The molecular weight excluding hydrogens is 504 g/mol. The van der Waals surface area contributed by atoms with Crippen LogP contribution < -0.4 is 5.32 Å². The van der Waals surface area contributed by atoms with Crippen LogP contribution in [0.5, 0.6) is 0 Å². The van der Waals surface area contributed by atoms with Gasteiger partial charge in [-0.3, -0.25) is 4.79 Å². The molecule has 0 aliphatic carbocycles. The molecule has 8 nitrogen and oxygen atoms in total. The molecule has 0 saturated carbocycles. The topological polar surface area (TPSA) is 101 Å². The summed E-state index contributed by atoms with van der Waals surface area (Å²) in [5.74, 6) is 0.495. The number of carbonyl (C=O) groups is 1. The SMILES string of the molecule is O=C(CNc1nnc(SCc2ccc(Cl)cc2)s1)c1cccc(S(=O)(=O)N2CCOCC2)c1. The highest BCUT2D eigenvalue weighted by molar-refractivity contribution is 8.00. The van der Waals surface area contributed by atoms with Gasteiger partial charge in [0.15, 0.2) is 10.1 Å². The van der Waals surface area contributed by atoms with Gasteiger partial charge in [-0.2, -0.15) is 4.31 Å². The van der Waals surface area contributed by atoms with Crippen LogP contribution in [0.2, 0.25) is 5.02 Å². The lowest BCUT2D eigenvalue weighted by Crippen LogP contribution is -2.40. The molecule has 1 aliphatic rings. The number of rotatable bonds is 9. The first kappa shape index (κ1) is 24.1. The van der Waals surface area contributed by atoms with Crippen molar-refractivity contribution in [3.05, 3.63) is 64.7 Å². The molecule has 1 aromatic heterocycles. The number of thioether (sulfide) groups is 1. The number of Topliss-reactive ketones (excluding diaryl/α,β-unsaturated/α-hetero) is 1. The van der Waals surface area contributed by atoms with Crippen molar-refractivity contribution in [3.8, 4) is 0 Å². The van der Waals surface area contributed by atoms with E-state index in [1.165, 1.54) is 27.8 Å². The zero-order valence-corrected chi connectivity index (χ0v) is 20.6. The number of carbonyl (C=O) groups excluding carboxylic acids is 1. The van der Waals surface area contributed by atoms with Gasteiger partial charge >= 0.3 is 0 Å². The molecule has 33 heavy (non-hydrogen) atoms. The molecule has 12 heteroatoms. The molecule has 1 fully saturated rings. The number of aromatic nitrogens is 2. The van der Waals surface area contributed by atoms with E-state index in [0.29, 0.717) is 42.0 Å². The number of sulfonamides is 1. The van der Waals surface area contributed by atoms with Gasteiger partial charge in [-0.05, 0) is 29.8 Å². The fourth-order valence-corrected chi connectivity index (χ4v) is 6.37. The summed E-state index contributed by atoms with van der Waals surface area (Å²) in [7, 11) is -3.66. The second-order valence-corrected chi connectivity index (χ2v) is 11.7. The van der Waals surface area contributed by atoms with Gasteiger partial charge in [-0.25, -0.2) is 8.42 Å². The van der Waals surface area contributed by atoms with E-state index in [1.807, 2.05) is 24.3 Å². The second kappa shape index (κ2) is 10.9. The number of nitrogens with zero attached hydrogens (tertiary/aromatic N) is 3. The summed E-state index contributed by atoms with van der Waals surface area (Å²) in [6.45, 7) is 1.32. The van der Waals surface area contributed by atoms with Crippen LogP contribution in [-0.4, -0.2) is 61.6 Å². The Morgan fingerprint density at radius 2 is 1.91 bits per heavy atom. The predicted octanol–water partition coefficient (Wildman–Crippen LogP) is 3.80. The van der Waals surface area contributed by atoms with Crippen molar-refractivity contribution in [1.29, 1.82) is 0 Å². The van der Waals surface area contributed by atoms with Gasteiger partial charge in [0, 0.05) is 29.4 Å². The maximum absolute atomic E-state index is 12.8. The summed E-state index contributed by atoms with van der Waals surface area (Å²) in [5.41, 5.74) is 1.44. The third-order valence-electron chi connectivity index (χ3n) is 4.85. The Balaban J connectivity index is 1.33. The van der Waals surface area contributed by atoms with Crippen LogP contribution in [0, 0.1) is 0 Å². The molecule has 1 aliphatic heterocycles. The predicted molar refractivity (Wildman–Crippen MR) is 130 cm³/mol. The smallest absolute Gasteiger partial charge is 0.243 e. The van der Waals surface area contributed by atoms with Gasteiger partial charge in [-0.1, -0.05) is 59.0 Å². The zero-order valence-electron chi connectivity index (χ0n) is 17.4. The van der Waals surface area contributed by atoms with E-state index >= 15 is 0 Å². The Kier molecular flexibility index (Phi) is 7.99. The summed E-state index contributed by atoms with van der Waals surface area (Å²) in [5, 5.41) is 12.4. The monoisotopic (exact) mass is 524 g/mol. The fourth-order valence-electron chi connectivity index (χ4n) is 3.09. The minimum atomic E-state index is -3.66. The van der Waals surface area contributed by atoms with Crippen molar-refractivity contribution in [2.24, 2.45) is 0 Å². The number of benzene rings is 2. The van der Waals surface area contributed by atoms with Crippen molar-refractivity contribution in [2.75, 3.05) is 38.2 Å². The zero-order chi connectivity index (χ0) is 23.3. The molecular formula is C21H21ClN4O4S3. The molecule has 4 rings (SSSR count). The molecule has 2 heterocycles. The number of ketones is 1. The Morgan fingerprint density at radius 1 is 1.15 bits per heavy atom. The lowest BCUT2D eigenvalue weighted by Gasteiger charge is -2.26. The quantitative estimate of drug-likeness (QED) is 0.333. The van der Waals surface area contributed by atoms with Crippen LogP contribution in [0.15, 0.2) is 57.8 Å². The number of ether oxygens (including phenoxy) is 1. The van der Waals surface area contributed by atoms with Crippen molar-refractivity contribution in [1.82, 2.24) is 14.5 Å². The average molecular weight is 525 g/mol. The lowest BCUT2D eigenvalue weighted by molar-refractivity contribution is 0.0730. The van der Waals surface area contributed by atoms with Crippen LogP contribution in [0.4, 0.5) is 5.13 Å². The van der Waals surface area contributed by atoms with Crippen molar-refractivity contribution in [3.63, 3.8) is 0 Å². The fraction of sp³-hybridized carbons (Fsp3) is 0.286. The Morgan fingerprint density at radius 3 is 2.67 bits per heavy atom. The van der Waals surface area contributed by atoms with Crippen LogP contribution in [-0.2, 0) is 20.5 Å². The minimum Gasteiger partial charge on any atom is -0.379 e. The van der Waals surface area contributed by atoms with Crippen molar-refractivity contribution < 1.29 is 17.9 Å². The van der Waals surface area contributed by atoms with E-state index in [4.69, 9.17) is 16.3 Å². The molecule has 0 amide bonds. The Hall–Kier alpha value is -2.02. The molecule has 0 radical (unpaired) electrons. The number of hydrogen-bond acceptors (Lipinski definition) is 9. The molecule has 0 spiro atoms. The molecule has 2 aromatic carbocycles. The van der Waals surface area contributed by atoms with E-state index in [9.17, 15) is 13.2 Å². The largest absolute Gasteiger partial charge is 0.379 e. The number of morpholine rings is 1. The Labute approximate surface area is 205 Å². The third kappa shape index (κ3) is 6.31. The van der Waals surface area contributed by atoms with Crippen LogP contribution in [0.3, 0.4) is 0 Å². The molecule has 0 bridgehead atoms. The summed E-state index contributed by atoms with van der Waals surface area (Å²) < 4.78 is 33.1. The van der Waals surface area contributed by atoms with Gasteiger partial charge in [-0.15, -0.1) is 10.2 Å². The second-order valence-electron chi connectivity index (χ2n) is 7.11. The highest BCUT2D eigenvalue weighted by atomic mass is 35.5. The van der Waals surface area contributed by atoms with Crippen LogP contribution in [0.1, 0.15) is 15.9 Å². The van der Waals surface area contributed by atoms with Crippen molar-refractivity contribution >= 4 is 55.6 Å². The van der Waals surface area contributed by atoms with E-state index in [2.05, 4.69) is 15.5 Å². The van der Waals surface area contributed by atoms with E-state index in [1.54, 1.807) is 23.9 Å². The van der Waals surface area contributed by atoms with Gasteiger partial charge in [0.25, 0.3) is 0 Å². The molecule has 0 unspecified atom stereocenters. The maximum atomic E-state index is 12.8. The minimum absolute atomic E-state index is 0.0163. The van der Waals surface area contributed by atoms with Crippen molar-refractivity contribution in [2.45, 2.75) is 15.0 Å². The summed E-state index contributed by atoms with van der Waals surface area (Å²) in [6.07, 6.45) is 0. The number of hydrogen-bond donors (Lipinski definition) is 1. The molecule has 1 N–H and O–H groups in total. The van der Waals surface area contributed by atoms with E-state index in [0.717, 1.165) is 15.7 Å². The van der Waals surface area contributed by atoms with Crippen LogP contribution >= 0.6 is 34.7 Å². The number of nitrogens with one attached hydrogen (secondary N) is 1. The molecule has 174 valence electrons. The summed E-state index contributed by atoms with van der Waals surface area (Å²) >= 11 is 8.81. The first-order chi connectivity index (χ1) is 15.9. The molecule has 0 atom stereocenters. The Bertz CT molecular complexity index is 1210. The maximum Gasteiger partial charge on any atom is 0.243 e. The normalized spacial score (nSPS) is 14.8. The molecule has 3 aromatic rings. The number of anilines is 1. The first-order valence-electron chi connectivity index (χ1n) is 10.1. The van der Waals surface area contributed by atoms with Gasteiger partial charge in [0.05, 0.1) is 24.7 Å². The van der Waals surface area contributed by atoms with Crippen LogP contribution in [0.25, 0.3) is 0 Å². The third-order valence-corrected chi connectivity index (χ3v) is 9.08. The average Bonchev–Trinajstić information content (AvgIpc) is 3.30. The standard InChI is InChI=1S/C21H21ClN4O4S3/c22-17-6-4-15(5-7-17)14-31-21-25-24-20(32-21)23-13-19(27)16-2-1-3-18(12-16)33(28,29)26-8-10-30-11-9-26/h1-7,12H,8-11,13-14H2,(H,23,24). The lowest BCUT2D eigenvalue weighted by atomic mass is 10.1. The van der Waals surface area contributed by atoms with E-state index < -0.39 is 10.0 Å². The van der Waals surface area contributed by atoms with Gasteiger partial charge in [0.2, 0.25) is 15.2 Å². The summed E-state index contributed by atoms with van der Waals surface area (Å²) in [6, 6.07) is 13.7. The highest BCUT2D eigenvalue weighted by Gasteiger charge is 2.26. The highest BCUT2D eigenvalue weighted by Crippen LogP contribution is 2.28. The van der Waals surface area contributed by atoms with Gasteiger partial charge in [0.1, 0.15) is 0 Å². The summed E-state index contributed by atoms with van der Waals surface area (Å²) in [4.78, 5) is 12.8. The molecule has 1 saturated heterocycles. The number of halogens is 1. The van der Waals surface area contributed by atoms with E-state index in [-0.39, 0.29) is 17.2 Å². The van der Waals surface area contributed by atoms with Gasteiger partial charge < -0.3 is 10.1 Å².